The van der Waals surface area contributed by atoms with Gasteiger partial charge in [0.15, 0.2) is 0 Å². The molecule has 0 radical (unpaired) electrons. The van der Waals surface area contributed by atoms with E-state index in [4.69, 9.17) is 23.2 Å². The molecule has 6 heteroatoms. The second kappa shape index (κ2) is 7.78. The molecule has 1 aromatic carbocycles. The van der Waals surface area contributed by atoms with E-state index in [2.05, 4.69) is 22.4 Å². The van der Waals surface area contributed by atoms with E-state index in [9.17, 15) is 0 Å². The van der Waals surface area contributed by atoms with Crippen LogP contribution in [0, 0.1) is 0 Å². The Kier molecular flexibility index (Phi) is 6.03. The van der Waals surface area contributed by atoms with Crippen LogP contribution in [0.2, 0.25) is 10.0 Å². The maximum Gasteiger partial charge on any atom is 0.203 e. The molecule has 0 aliphatic heterocycles. The van der Waals surface area contributed by atoms with E-state index in [1.165, 1.54) is 17.8 Å². The molecule has 0 atom stereocenters. The molecule has 0 bridgehead atoms. The summed E-state index contributed by atoms with van der Waals surface area (Å²) in [5.41, 5.74) is 5.90. The maximum atomic E-state index is 6.03. The highest BCUT2D eigenvalue weighted by Gasteiger charge is 2.06. The highest BCUT2D eigenvalue weighted by Crippen LogP contribution is 2.30. The molecular formula is C15H17Cl2N3S. The van der Waals surface area contributed by atoms with Gasteiger partial charge < -0.3 is 0 Å². The van der Waals surface area contributed by atoms with Gasteiger partial charge in [0.2, 0.25) is 5.13 Å². The van der Waals surface area contributed by atoms with Crippen LogP contribution in [-0.2, 0) is 0 Å². The smallest absolute Gasteiger partial charge is 0.203 e. The Hall–Kier alpha value is -1.10. The van der Waals surface area contributed by atoms with Gasteiger partial charge in [-0.2, -0.15) is 5.10 Å². The van der Waals surface area contributed by atoms with E-state index in [0.717, 1.165) is 34.9 Å². The summed E-state index contributed by atoms with van der Waals surface area (Å²) in [5, 5.41) is 8.16. The van der Waals surface area contributed by atoms with Crippen LogP contribution >= 0.6 is 34.5 Å². The minimum atomic E-state index is 0.533. The lowest BCUT2D eigenvalue weighted by Gasteiger charge is -2.00. The maximum absolute atomic E-state index is 6.03. The molecular weight excluding hydrogens is 325 g/mol. The number of nitrogens with one attached hydrogen (secondary N) is 1. The first-order valence-electron chi connectivity index (χ1n) is 6.80. The highest BCUT2D eigenvalue weighted by molar-refractivity contribution is 7.14. The standard InChI is InChI=1S/C15H17Cl2N3S/c1-3-4-5-10(2)19-20-15-18-14(9-21-15)11-6-7-12(16)13(17)8-11/h6-9H,3-5H2,1-2H3,(H,18,20)/b19-10+. The Morgan fingerprint density at radius 3 is 2.86 bits per heavy atom. The first-order valence-corrected chi connectivity index (χ1v) is 8.44. The normalized spacial score (nSPS) is 11.7. The minimum absolute atomic E-state index is 0.533. The predicted molar refractivity (Wildman–Crippen MR) is 93.8 cm³/mol. The van der Waals surface area contributed by atoms with E-state index in [-0.39, 0.29) is 0 Å². The molecule has 1 heterocycles. The summed E-state index contributed by atoms with van der Waals surface area (Å²) in [4.78, 5) is 4.50. The fraction of sp³-hybridized carbons (Fsp3) is 0.333. The van der Waals surface area contributed by atoms with Crippen molar-refractivity contribution in [1.82, 2.24) is 4.98 Å². The van der Waals surface area contributed by atoms with Gasteiger partial charge in [-0.15, -0.1) is 11.3 Å². The van der Waals surface area contributed by atoms with Crippen molar-refractivity contribution in [2.24, 2.45) is 5.10 Å². The zero-order valence-electron chi connectivity index (χ0n) is 12.0. The van der Waals surface area contributed by atoms with Crippen molar-refractivity contribution >= 4 is 45.4 Å². The lowest BCUT2D eigenvalue weighted by Crippen LogP contribution is -1.97. The number of benzene rings is 1. The van der Waals surface area contributed by atoms with Crippen LogP contribution in [0.15, 0.2) is 28.7 Å². The molecule has 1 aromatic heterocycles. The molecule has 0 amide bonds. The van der Waals surface area contributed by atoms with Gasteiger partial charge >= 0.3 is 0 Å². The number of thiazole rings is 1. The van der Waals surface area contributed by atoms with E-state index >= 15 is 0 Å². The number of nitrogens with zero attached hydrogens (tertiary/aromatic N) is 2. The van der Waals surface area contributed by atoms with Crippen LogP contribution < -0.4 is 5.43 Å². The third kappa shape index (κ3) is 4.70. The molecule has 0 saturated heterocycles. The summed E-state index contributed by atoms with van der Waals surface area (Å²) in [6, 6.07) is 5.50. The van der Waals surface area contributed by atoms with Gasteiger partial charge in [-0.25, -0.2) is 4.98 Å². The fourth-order valence-corrected chi connectivity index (χ4v) is 2.70. The van der Waals surface area contributed by atoms with Crippen molar-refractivity contribution in [3.8, 4) is 11.3 Å². The lowest BCUT2D eigenvalue weighted by molar-refractivity contribution is 0.832. The molecule has 0 saturated carbocycles. The number of unbranched alkanes of at least 4 members (excludes halogenated alkanes) is 1. The van der Waals surface area contributed by atoms with Crippen molar-refractivity contribution in [3.63, 3.8) is 0 Å². The van der Waals surface area contributed by atoms with E-state index < -0.39 is 0 Å². The summed E-state index contributed by atoms with van der Waals surface area (Å²) in [6.45, 7) is 4.20. The van der Waals surface area contributed by atoms with Crippen LogP contribution in [0.25, 0.3) is 11.3 Å². The van der Waals surface area contributed by atoms with Crippen LogP contribution in [0.3, 0.4) is 0 Å². The molecule has 0 aliphatic rings. The van der Waals surface area contributed by atoms with Gasteiger partial charge in [-0.3, -0.25) is 5.43 Å². The number of aromatic nitrogens is 1. The average Bonchev–Trinajstić information content (AvgIpc) is 2.94. The Labute approximate surface area is 139 Å². The van der Waals surface area contributed by atoms with Gasteiger partial charge in [-0.05, 0) is 31.9 Å². The van der Waals surface area contributed by atoms with Gasteiger partial charge in [0.05, 0.1) is 15.7 Å². The first kappa shape index (κ1) is 16.3. The van der Waals surface area contributed by atoms with Crippen molar-refractivity contribution in [2.75, 3.05) is 5.43 Å². The molecule has 112 valence electrons. The molecule has 0 fully saturated rings. The summed E-state index contributed by atoms with van der Waals surface area (Å²) >= 11 is 13.5. The average molecular weight is 342 g/mol. The summed E-state index contributed by atoms with van der Waals surface area (Å²) in [7, 11) is 0. The Morgan fingerprint density at radius 2 is 2.14 bits per heavy atom. The van der Waals surface area contributed by atoms with Crippen molar-refractivity contribution < 1.29 is 0 Å². The quantitative estimate of drug-likeness (QED) is 0.509. The van der Waals surface area contributed by atoms with Gasteiger partial charge in [0.1, 0.15) is 0 Å². The number of anilines is 1. The van der Waals surface area contributed by atoms with Gasteiger partial charge in [-0.1, -0.05) is 42.6 Å². The molecule has 1 N–H and O–H groups in total. The van der Waals surface area contributed by atoms with Crippen LogP contribution in [0.5, 0.6) is 0 Å². The van der Waals surface area contributed by atoms with Crippen LogP contribution in [0.4, 0.5) is 5.13 Å². The molecule has 2 aromatic rings. The topological polar surface area (TPSA) is 37.3 Å². The monoisotopic (exact) mass is 341 g/mol. The van der Waals surface area contributed by atoms with Crippen molar-refractivity contribution in [3.05, 3.63) is 33.6 Å². The largest absolute Gasteiger partial charge is 0.253 e. The number of hydrogen-bond donors (Lipinski definition) is 1. The molecule has 3 nitrogen and oxygen atoms in total. The van der Waals surface area contributed by atoms with Gasteiger partial charge in [0, 0.05) is 16.7 Å². The number of halogens is 2. The number of hydrogen-bond acceptors (Lipinski definition) is 4. The second-order valence-corrected chi connectivity index (χ2v) is 6.40. The molecule has 0 spiro atoms. The fourth-order valence-electron chi connectivity index (χ4n) is 1.74. The Balaban J connectivity index is 2.06. The highest BCUT2D eigenvalue weighted by atomic mass is 35.5. The summed E-state index contributed by atoms with van der Waals surface area (Å²) in [5.74, 6) is 0. The van der Waals surface area contributed by atoms with E-state index in [1.54, 1.807) is 6.07 Å². The minimum Gasteiger partial charge on any atom is -0.253 e. The third-order valence-corrected chi connectivity index (χ3v) is 4.44. The number of hydrazone groups is 1. The van der Waals surface area contributed by atoms with Crippen molar-refractivity contribution in [2.45, 2.75) is 33.1 Å². The molecule has 2 rings (SSSR count). The lowest BCUT2D eigenvalue weighted by atomic mass is 10.2. The predicted octanol–water partition coefficient (Wildman–Crippen LogP) is 6.09. The zero-order chi connectivity index (χ0) is 15.2. The van der Waals surface area contributed by atoms with Crippen LogP contribution in [0.1, 0.15) is 33.1 Å². The summed E-state index contributed by atoms with van der Waals surface area (Å²) in [6.07, 6.45) is 3.34. The third-order valence-electron chi connectivity index (χ3n) is 2.95. The second-order valence-electron chi connectivity index (χ2n) is 4.73. The molecule has 0 aliphatic carbocycles. The van der Waals surface area contributed by atoms with Crippen molar-refractivity contribution in [1.29, 1.82) is 0 Å². The van der Waals surface area contributed by atoms with Crippen LogP contribution in [-0.4, -0.2) is 10.7 Å². The number of rotatable bonds is 6. The molecule has 0 unspecified atom stereocenters. The van der Waals surface area contributed by atoms with E-state index in [0.29, 0.717) is 10.0 Å². The zero-order valence-corrected chi connectivity index (χ0v) is 14.3. The first-order chi connectivity index (χ1) is 10.1. The Bertz CT molecular complexity index is 638. The molecule has 21 heavy (non-hydrogen) atoms. The summed E-state index contributed by atoms with van der Waals surface area (Å²) < 4.78 is 0. The van der Waals surface area contributed by atoms with Gasteiger partial charge in [0.25, 0.3) is 0 Å². The SMILES string of the molecule is CCCC/C(C)=N/Nc1nc(-c2ccc(Cl)c(Cl)c2)cs1. The Morgan fingerprint density at radius 1 is 1.33 bits per heavy atom. The van der Waals surface area contributed by atoms with E-state index in [1.807, 2.05) is 24.4 Å².